The first kappa shape index (κ1) is 17.7. The maximum absolute atomic E-state index is 12.3. The Bertz CT molecular complexity index is 493. The average molecular weight is 316 g/mol. The van der Waals surface area contributed by atoms with Gasteiger partial charge < -0.3 is 5.32 Å². The molecule has 0 spiro atoms. The summed E-state index contributed by atoms with van der Waals surface area (Å²) in [7, 11) is 0. The normalized spacial score (nSPS) is 17.8. The Hall–Kier alpha value is -1.68. The van der Waals surface area contributed by atoms with Gasteiger partial charge in [-0.15, -0.1) is 0 Å². The molecular weight excluding hydrogens is 288 g/mol. The number of likely N-dealkylation sites (tertiary alicyclic amines) is 1. The van der Waals surface area contributed by atoms with E-state index in [0.717, 1.165) is 31.5 Å². The van der Waals surface area contributed by atoms with Gasteiger partial charge in [-0.3, -0.25) is 14.5 Å². The van der Waals surface area contributed by atoms with E-state index in [-0.39, 0.29) is 11.7 Å². The number of hydrogen-bond donors (Lipinski definition) is 1. The van der Waals surface area contributed by atoms with Gasteiger partial charge in [0.05, 0.1) is 12.6 Å². The van der Waals surface area contributed by atoms with Gasteiger partial charge in [-0.05, 0) is 44.8 Å². The van der Waals surface area contributed by atoms with E-state index in [1.54, 1.807) is 6.92 Å². The third kappa shape index (κ3) is 6.53. The van der Waals surface area contributed by atoms with Gasteiger partial charge in [0, 0.05) is 0 Å². The lowest BCUT2D eigenvalue weighted by molar-refractivity contribution is -0.127. The Kier molecular flexibility index (Phi) is 7.27. The molecule has 0 aliphatic carbocycles. The number of benzene rings is 1. The molecule has 1 amide bonds. The molecule has 4 heteroatoms. The van der Waals surface area contributed by atoms with Crippen molar-refractivity contribution in [3.63, 3.8) is 0 Å². The molecule has 0 aromatic heterocycles. The number of carbonyl (C=O) groups is 2. The molecule has 23 heavy (non-hydrogen) atoms. The van der Waals surface area contributed by atoms with Gasteiger partial charge in [-0.2, -0.15) is 0 Å². The van der Waals surface area contributed by atoms with Gasteiger partial charge in [-0.1, -0.05) is 49.6 Å². The minimum absolute atomic E-state index is 0.00914. The van der Waals surface area contributed by atoms with E-state index in [4.69, 9.17) is 0 Å². The number of ketones is 1. The van der Waals surface area contributed by atoms with Gasteiger partial charge in [0.1, 0.15) is 0 Å². The van der Waals surface area contributed by atoms with E-state index < -0.39 is 6.04 Å². The van der Waals surface area contributed by atoms with Gasteiger partial charge in [-0.25, -0.2) is 0 Å². The molecule has 1 heterocycles. The summed E-state index contributed by atoms with van der Waals surface area (Å²) in [6.45, 7) is 3.91. The summed E-state index contributed by atoms with van der Waals surface area (Å²) < 4.78 is 0. The summed E-state index contributed by atoms with van der Waals surface area (Å²) in [6, 6.07) is 9.40. The summed E-state index contributed by atoms with van der Waals surface area (Å²) >= 11 is 0. The Morgan fingerprint density at radius 3 is 2.26 bits per heavy atom. The molecule has 1 N–H and O–H groups in total. The minimum Gasteiger partial charge on any atom is -0.345 e. The van der Waals surface area contributed by atoms with Crippen LogP contribution in [0.3, 0.4) is 0 Å². The van der Waals surface area contributed by atoms with Crippen molar-refractivity contribution in [2.75, 3.05) is 19.6 Å². The van der Waals surface area contributed by atoms with E-state index in [1.165, 1.54) is 19.3 Å². The van der Waals surface area contributed by atoms with Crippen LogP contribution in [0.4, 0.5) is 0 Å². The predicted octanol–water partition coefficient (Wildman–Crippen LogP) is 2.57. The van der Waals surface area contributed by atoms with Crippen LogP contribution in [-0.2, 0) is 16.0 Å². The zero-order valence-electron chi connectivity index (χ0n) is 14.1. The number of rotatable bonds is 6. The van der Waals surface area contributed by atoms with Crippen LogP contribution in [-0.4, -0.2) is 42.3 Å². The molecule has 0 saturated carbocycles. The van der Waals surface area contributed by atoms with Crippen LogP contribution in [0.1, 0.15) is 44.6 Å². The van der Waals surface area contributed by atoms with Crippen molar-refractivity contribution >= 4 is 11.7 Å². The van der Waals surface area contributed by atoms with E-state index in [0.29, 0.717) is 13.0 Å². The third-order valence-electron chi connectivity index (χ3n) is 4.42. The summed E-state index contributed by atoms with van der Waals surface area (Å²) in [5.41, 5.74) is 1.07. The molecule has 1 aromatic rings. The zero-order valence-corrected chi connectivity index (χ0v) is 14.1. The summed E-state index contributed by atoms with van der Waals surface area (Å²) in [5.74, 6) is -0.0309. The molecule has 0 bridgehead atoms. The Balaban J connectivity index is 1.86. The van der Waals surface area contributed by atoms with Crippen molar-refractivity contribution < 1.29 is 9.59 Å². The predicted molar refractivity (Wildman–Crippen MR) is 92.3 cm³/mol. The van der Waals surface area contributed by atoms with E-state index >= 15 is 0 Å². The fourth-order valence-corrected chi connectivity index (χ4v) is 3.06. The third-order valence-corrected chi connectivity index (χ3v) is 4.42. The van der Waals surface area contributed by atoms with Crippen molar-refractivity contribution in [2.45, 2.75) is 51.5 Å². The second-order valence-corrected chi connectivity index (χ2v) is 6.46. The molecule has 1 aliphatic heterocycles. The van der Waals surface area contributed by atoms with Crippen molar-refractivity contribution in [1.82, 2.24) is 10.2 Å². The minimum atomic E-state index is -0.431. The van der Waals surface area contributed by atoms with Crippen LogP contribution in [0.25, 0.3) is 0 Å². The lowest BCUT2D eigenvalue weighted by atomic mass is 10.0. The Labute approximate surface area is 139 Å². The van der Waals surface area contributed by atoms with Gasteiger partial charge >= 0.3 is 0 Å². The SMILES string of the molecule is CC(=O)[C@@H](Cc1ccccc1)NC(=O)CN1CCCCCCC1. The molecule has 1 aromatic carbocycles. The first-order valence-corrected chi connectivity index (χ1v) is 8.71. The fraction of sp³-hybridized carbons (Fsp3) is 0.579. The average Bonchev–Trinajstić information content (AvgIpc) is 2.50. The second kappa shape index (κ2) is 9.46. The van der Waals surface area contributed by atoms with Gasteiger partial charge in [0.2, 0.25) is 5.91 Å². The topological polar surface area (TPSA) is 49.4 Å². The second-order valence-electron chi connectivity index (χ2n) is 6.46. The van der Waals surface area contributed by atoms with Crippen molar-refractivity contribution in [3.8, 4) is 0 Å². The standard InChI is InChI=1S/C19H28N2O2/c1-16(22)18(14-17-10-6-5-7-11-17)20-19(23)15-21-12-8-3-2-4-9-13-21/h5-7,10-11,18H,2-4,8-9,12-15H2,1H3,(H,20,23)/t18-/m1/s1. The number of Topliss-reactive ketones (excluding diaryl/α,β-unsaturated/α-hetero) is 1. The molecule has 126 valence electrons. The Morgan fingerprint density at radius 1 is 1.04 bits per heavy atom. The largest absolute Gasteiger partial charge is 0.345 e. The van der Waals surface area contributed by atoms with Crippen molar-refractivity contribution in [2.24, 2.45) is 0 Å². The van der Waals surface area contributed by atoms with Crippen LogP contribution < -0.4 is 5.32 Å². The van der Waals surface area contributed by atoms with E-state index in [2.05, 4.69) is 10.2 Å². The van der Waals surface area contributed by atoms with Gasteiger partial charge in [0.15, 0.2) is 5.78 Å². The van der Waals surface area contributed by atoms with Crippen LogP contribution in [0.15, 0.2) is 30.3 Å². The summed E-state index contributed by atoms with van der Waals surface area (Å²) in [5, 5.41) is 2.92. The molecule has 1 saturated heterocycles. The highest BCUT2D eigenvalue weighted by atomic mass is 16.2. The molecule has 1 fully saturated rings. The summed E-state index contributed by atoms with van der Waals surface area (Å²) in [6.07, 6.45) is 6.69. The van der Waals surface area contributed by atoms with Crippen LogP contribution in [0, 0.1) is 0 Å². The van der Waals surface area contributed by atoms with Crippen molar-refractivity contribution in [3.05, 3.63) is 35.9 Å². The van der Waals surface area contributed by atoms with Crippen molar-refractivity contribution in [1.29, 1.82) is 0 Å². The van der Waals surface area contributed by atoms with Gasteiger partial charge in [0.25, 0.3) is 0 Å². The molecule has 2 rings (SSSR count). The highest BCUT2D eigenvalue weighted by Gasteiger charge is 2.19. The number of nitrogens with zero attached hydrogens (tertiary/aromatic N) is 1. The van der Waals surface area contributed by atoms with E-state index in [1.807, 2.05) is 30.3 Å². The zero-order chi connectivity index (χ0) is 16.5. The van der Waals surface area contributed by atoms with Crippen LogP contribution >= 0.6 is 0 Å². The number of amides is 1. The maximum atomic E-state index is 12.3. The Morgan fingerprint density at radius 2 is 1.65 bits per heavy atom. The molecule has 0 radical (unpaired) electrons. The maximum Gasteiger partial charge on any atom is 0.234 e. The summed E-state index contributed by atoms with van der Waals surface area (Å²) in [4.78, 5) is 26.4. The van der Waals surface area contributed by atoms with Crippen LogP contribution in [0.2, 0.25) is 0 Å². The molecular formula is C19H28N2O2. The van der Waals surface area contributed by atoms with Crippen LogP contribution in [0.5, 0.6) is 0 Å². The molecule has 1 atom stereocenters. The molecule has 1 aliphatic rings. The number of nitrogens with one attached hydrogen (secondary N) is 1. The highest BCUT2D eigenvalue weighted by Crippen LogP contribution is 2.10. The fourth-order valence-electron chi connectivity index (χ4n) is 3.06. The monoisotopic (exact) mass is 316 g/mol. The van der Waals surface area contributed by atoms with E-state index in [9.17, 15) is 9.59 Å². The molecule has 0 unspecified atom stereocenters. The highest BCUT2D eigenvalue weighted by molar-refractivity contribution is 5.88. The smallest absolute Gasteiger partial charge is 0.234 e. The lowest BCUT2D eigenvalue weighted by Crippen LogP contribution is -2.46. The lowest BCUT2D eigenvalue weighted by Gasteiger charge is -2.25. The number of carbonyl (C=O) groups excluding carboxylic acids is 2. The molecule has 4 nitrogen and oxygen atoms in total. The number of hydrogen-bond acceptors (Lipinski definition) is 3. The quantitative estimate of drug-likeness (QED) is 0.877. The first-order chi connectivity index (χ1) is 11.1. The first-order valence-electron chi connectivity index (χ1n) is 8.71.